The molecule has 2 aliphatic rings. The fourth-order valence-corrected chi connectivity index (χ4v) is 3.32. The maximum Gasteiger partial charge on any atom is 0.0210 e. The van der Waals surface area contributed by atoms with Gasteiger partial charge in [0.1, 0.15) is 0 Å². The molecule has 0 aromatic heterocycles. The van der Waals surface area contributed by atoms with Crippen LogP contribution in [0.5, 0.6) is 0 Å². The van der Waals surface area contributed by atoms with Crippen molar-refractivity contribution in [2.24, 2.45) is 0 Å². The average Bonchev–Trinajstić information content (AvgIpc) is 2.16. The molecule has 1 spiro atoms. The Morgan fingerprint density at radius 2 is 2.00 bits per heavy atom. The molecule has 0 bridgehead atoms. The Morgan fingerprint density at radius 3 is 2.79 bits per heavy atom. The molecule has 1 fully saturated rings. The van der Waals surface area contributed by atoms with E-state index >= 15 is 0 Å². The molecule has 1 aliphatic carbocycles. The number of aryl methyl sites for hydroxylation is 1. The fraction of sp³-hybridized carbons (Fsp3) is 0.538. The average molecular weight is 187 g/mol. The molecule has 1 heteroatoms. The van der Waals surface area contributed by atoms with Crippen molar-refractivity contribution in [3.63, 3.8) is 0 Å². The molecule has 0 unspecified atom stereocenters. The predicted molar refractivity (Wildman–Crippen MR) is 58.6 cm³/mol. The van der Waals surface area contributed by atoms with Gasteiger partial charge in [0, 0.05) is 18.5 Å². The van der Waals surface area contributed by atoms with Crippen molar-refractivity contribution in [1.82, 2.24) is 4.90 Å². The van der Waals surface area contributed by atoms with Crippen LogP contribution in [0.2, 0.25) is 0 Å². The first-order chi connectivity index (χ1) is 6.80. The summed E-state index contributed by atoms with van der Waals surface area (Å²) in [5.41, 5.74) is 3.78. The Hall–Kier alpha value is -0.820. The maximum atomic E-state index is 2.43. The van der Waals surface area contributed by atoms with E-state index in [4.69, 9.17) is 0 Å². The van der Waals surface area contributed by atoms with Crippen LogP contribution in [0.1, 0.15) is 24.0 Å². The lowest BCUT2D eigenvalue weighted by molar-refractivity contribution is 0.0779. The van der Waals surface area contributed by atoms with Crippen LogP contribution < -0.4 is 0 Å². The zero-order chi connectivity index (χ0) is 9.60. The van der Waals surface area contributed by atoms with Gasteiger partial charge in [0.05, 0.1) is 0 Å². The van der Waals surface area contributed by atoms with E-state index in [2.05, 4.69) is 36.2 Å². The van der Waals surface area contributed by atoms with Gasteiger partial charge < -0.3 is 4.90 Å². The van der Waals surface area contributed by atoms with E-state index in [-0.39, 0.29) is 0 Å². The highest BCUT2D eigenvalue weighted by Gasteiger charge is 2.44. The van der Waals surface area contributed by atoms with Gasteiger partial charge in [-0.05, 0) is 37.4 Å². The standard InChI is InChI=1S/C13H17N/c1-14-9-13(10-14)8-4-6-11-5-2-3-7-12(11)13/h2-3,5,7H,4,6,8-10H2,1H3. The minimum Gasteiger partial charge on any atom is -0.304 e. The molecule has 1 heterocycles. The molecule has 1 nitrogen and oxygen atoms in total. The number of nitrogens with zero attached hydrogens (tertiary/aromatic N) is 1. The first-order valence-corrected chi connectivity index (χ1v) is 5.57. The highest BCUT2D eigenvalue weighted by atomic mass is 15.2. The third-order valence-corrected chi connectivity index (χ3v) is 3.84. The number of likely N-dealkylation sites (tertiary alicyclic amines) is 1. The molecule has 0 N–H and O–H groups in total. The van der Waals surface area contributed by atoms with Crippen LogP contribution in [0.3, 0.4) is 0 Å². The topological polar surface area (TPSA) is 3.24 Å². The Balaban J connectivity index is 2.04. The number of benzene rings is 1. The van der Waals surface area contributed by atoms with Gasteiger partial charge in [-0.3, -0.25) is 0 Å². The first-order valence-electron chi connectivity index (χ1n) is 5.57. The Kier molecular flexibility index (Phi) is 1.72. The maximum absolute atomic E-state index is 2.43. The molecule has 74 valence electrons. The molecule has 0 amide bonds. The molecule has 1 aromatic rings. The highest BCUT2D eigenvalue weighted by Crippen LogP contribution is 2.43. The van der Waals surface area contributed by atoms with Crippen molar-refractivity contribution in [3.8, 4) is 0 Å². The molecular formula is C13H17N. The molecule has 1 aliphatic heterocycles. The summed E-state index contributed by atoms with van der Waals surface area (Å²) in [6, 6.07) is 9.04. The summed E-state index contributed by atoms with van der Waals surface area (Å²) in [6.07, 6.45) is 4.07. The van der Waals surface area contributed by atoms with Crippen molar-refractivity contribution < 1.29 is 0 Å². The van der Waals surface area contributed by atoms with E-state index in [1.54, 1.807) is 11.1 Å². The second-order valence-corrected chi connectivity index (χ2v) is 4.96. The predicted octanol–water partition coefficient (Wildman–Crippen LogP) is 2.21. The SMILES string of the molecule is CN1CC2(CCCc3ccccc32)C1. The van der Waals surface area contributed by atoms with Gasteiger partial charge in [-0.25, -0.2) is 0 Å². The summed E-state index contributed by atoms with van der Waals surface area (Å²) in [5.74, 6) is 0. The number of rotatable bonds is 0. The fourth-order valence-electron chi connectivity index (χ4n) is 3.32. The largest absolute Gasteiger partial charge is 0.304 e. The van der Waals surface area contributed by atoms with E-state index < -0.39 is 0 Å². The molecule has 14 heavy (non-hydrogen) atoms. The van der Waals surface area contributed by atoms with Gasteiger partial charge in [0.15, 0.2) is 0 Å². The highest BCUT2D eigenvalue weighted by molar-refractivity contribution is 5.39. The van der Waals surface area contributed by atoms with Crippen LogP contribution in [0.25, 0.3) is 0 Å². The number of likely N-dealkylation sites (N-methyl/N-ethyl adjacent to an activating group) is 1. The quantitative estimate of drug-likeness (QED) is 0.602. The van der Waals surface area contributed by atoms with Crippen LogP contribution in [-0.2, 0) is 11.8 Å². The van der Waals surface area contributed by atoms with E-state index in [0.717, 1.165) is 0 Å². The normalized spacial score (nSPS) is 24.4. The summed E-state index contributed by atoms with van der Waals surface area (Å²) in [4.78, 5) is 2.43. The van der Waals surface area contributed by atoms with Gasteiger partial charge in [-0.1, -0.05) is 24.3 Å². The van der Waals surface area contributed by atoms with Crippen LogP contribution in [-0.4, -0.2) is 25.0 Å². The second kappa shape index (κ2) is 2.83. The minimum absolute atomic E-state index is 0.531. The van der Waals surface area contributed by atoms with Crippen molar-refractivity contribution in [2.45, 2.75) is 24.7 Å². The third-order valence-electron chi connectivity index (χ3n) is 3.84. The third kappa shape index (κ3) is 1.05. The second-order valence-electron chi connectivity index (χ2n) is 4.96. The number of hydrogen-bond donors (Lipinski definition) is 0. The minimum atomic E-state index is 0.531. The summed E-state index contributed by atoms with van der Waals surface area (Å²) >= 11 is 0. The molecule has 0 saturated carbocycles. The Labute approximate surface area is 85.7 Å². The van der Waals surface area contributed by atoms with E-state index in [0.29, 0.717) is 5.41 Å². The van der Waals surface area contributed by atoms with Crippen LogP contribution in [0.15, 0.2) is 24.3 Å². The van der Waals surface area contributed by atoms with E-state index in [1.165, 1.54) is 32.4 Å². The van der Waals surface area contributed by atoms with Gasteiger partial charge in [-0.2, -0.15) is 0 Å². The lowest BCUT2D eigenvalue weighted by atomic mass is 9.65. The van der Waals surface area contributed by atoms with Gasteiger partial charge >= 0.3 is 0 Å². The Bertz CT molecular complexity index is 350. The summed E-state index contributed by atoms with van der Waals surface area (Å²) < 4.78 is 0. The van der Waals surface area contributed by atoms with Crippen LogP contribution >= 0.6 is 0 Å². The first kappa shape index (κ1) is 8.49. The monoisotopic (exact) mass is 187 g/mol. The lowest BCUT2D eigenvalue weighted by Crippen LogP contribution is -2.58. The van der Waals surface area contributed by atoms with Crippen molar-refractivity contribution in [2.75, 3.05) is 20.1 Å². The Morgan fingerprint density at radius 1 is 1.21 bits per heavy atom. The van der Waals surface area contributed by atoms with Crippen molar-refractivity contribution >= 4 is 0 Å². The molecule has 1 aromatic carbocycles. The summed E-state index contributed by atoms with van der Waals surface area (Å²) in [7, 11) is 2.22. The molecular weight excluding hydrogens is 170 g/mol. The zero-order valence-corrected chi connectivity index (χ0v) is 8.79. The van der Waals surface area contributed by atoms with Gasteiger partial charge in [-0.15, -0.1) is 0 Å². The molecule has 0 atom stereocenters. The molecule has 0 radical (unpaired) electrons. The molecule has 1 saturated heterocycles. The molecule has 3 rings (SSSR count). The van der Waals surface area contributed by atoms with E-state index in [1.807, 2.05) is 0 Å². The van der Waals surface area contributed by atoms with Gasteiger partial charge in [0.25, 0.3) is 0 Å². The van der Waals surface area contributed by atoms with Crippen LogP contribution in [0, 0.1) is 0 Å². The number of fused-ring (bicyclic) bond motifs is 2. The van der Waals surface area contributed by atoms with Crippen LogP contribution in [0.4, 0.5) is 0 Å². The lowest BCUT2D eigenvalue weighted by Gasteiger charge is -2.52. The van der Waals surface area contributed by atoms with E-state index in [9.17, 15) is 0 Å². The zero-order valence-electron chi connectivity index (χ0n) is 8.79. The summed E-state index contributed by atoms with van der Waals surface area (Å²) in [6.45, 7) is 2.54. The van der Waals surface area contributed by atoms with Crippen molar-refractivity contribution in [3.05, 3.63) is 35.4 Å². The number of hydrogen-bond acceptors (Lipinski definition) is 1. The summed E-state index contributed by atoms with van der Waals surface area (Å²) in [5, 5.41) is 0. The smallest absolute Gasteiger partial charge is 0.0210 e. The van der Waals surface area contributed by atoms with Gasteiger partial charge in [0.2, 0.25) is 0 Å². The van der Waals surface area contributed by atoms with Crippen molar-refractivity contribution in [1.29, 1.82) is 0 Å².